The van der Waals surface area contributed by atoms with Gasteiger partial charge in [-0.25, -0.2) is 9.78 Å². The SMILES string of the molecule is CCOC(=O)c1cc(C#N)c(SCC(=O)N2CC(=O)Nc3ccccc32)nc1C. The van der Waals surface area contributed by atoms with Gasteiger partial charge in [-0.3, -0.25) is 9.59 Å². The smallest absolute Gasteiger partial charge is 0.340 e. The Kier molecular flexibility index (Phi) is 6.14. The molecular formula is C20H18N4O4S. The highest BCUT2D eigenvalue weighted by Gasteiger charge is 2.27. The van der Waals surface area contributed by atoms with Gasteiger partial charge in [0.2, 0.25) is 11.8 Å². The molecule has 29 heavy (non-hydrogen) atoms. The number of aromatic nitrogens is 1. The predicted molar refractivity (Wildman–Crippen MR) is 108 cm³/mol. The molecule has 0 spiro atoms. The van der Waals surface area contributed by atoms with E-state index in [-0.39, 0.29) is 41.8 Å². The fraction of sp³-hybridized carbons (Fsp3) is 0.250. The molecule has 0 atom stereocenters. The zero-order valence-corrected chi connectivity index (χ0v) is 16.7. The van der Waals surface area contributed by atoms with E-state index in [1.54, 1.807) is 38.1 Å². The van der Waals surface area contributed by atoms with E-state index in [0.29, 0.717) is 22.1 Å². The molecule has 1 aromatic heterocycles. The second-order valence-electron chi connectivity index (χ2n) is 6.14. The summed E-state index contributed by atoms with van der Waals surface area (Å²) in [7, 11) is 0. The molecule has 1 aliphatic heterocycles. The zero-order valence-electron chi connectivity index (χ0n) is 15.9. The van der Waals surface area contributed by atoms with E-state index in [9.17, 15) is 19.6 Å². The zero-order chi connectivity index (χ0) is 21.0. The lowest BCUT2D eigenvalue weighted by molar-refractivity contribution is -0.120. The van der Waals surface area contributed by atoms with Gasteiger partial charge in [0.1, 0.15) is 17.6 Å². The topological polar surface area (TPSA) is 112 Å². The molecule has 0 bridgehead atoms. The van der Waals surface area contributed by atoms with Crippen LogP contribution in [0.15, 0.2) is 35.4 Å². The number of nitrogens with one attached hydrogen (secondary N) is 1. The number of aryl methyl sites for hydroxylation is 1. The monoisotopic (exact) mass is 410 g/mol. The summed E-state index contributed by atoms with van der Waals surface area (Å²) in [5.74, 6) is -1.11. The van der Waals surface area contributed by atoms with Gasteiger partial charge in [0.25, 0.3) is 0 Å². The number of amides is 2. The molecule has 1 aromatic carbocycles. The average Bonchev–Trinajstić information content (AvgIpc) is 2.71. The first-order valence-corrected chi connectivity index (χ1v) is 9.84. The number of nitrogens with zero attached hydrogens (tertiary/aromatic N) is 3. The number of anilines is 2. The van der Waals surface area contributed by atoms with Crippen molar-refractivity contribution in [1.29, 1.82) is 5.26 Å². The van der Waals surface area contributed by atoms with Crippen molar-refractivity contribution in [2.24, 2.45) is 0 Å². The third-order valence-corrected chi connectivity index (χ3v) is 5.17. The van der Waals surface area contributed by atoms with Gasteiger partial charge in [-0.15, -0.1) is 0 Å². The maximum absolute atomic E-state index is 12.8. The molecule has 0 fully saturated rings. The summed E-state index contributed by atoms with van der Waals surface area (Å²) in [4.78, 5) is 42.4. The highest BCUT2D eigenvalue weighted by molar-refractivity contribution is 8.00. The molecule has 1 N–H and O–H groups in total. The van der Waals surface area contributed by atoms with Crippen molar-refractivity contribution in [3.8, 4) is 6.07 Å². The quantitative estimate of drug-likeness (QED) is 0.595. The second-order valence-corrected chi connectivity index (χ2v) is 7.10. The number of carbonyl (C=O) groups excluding carboxylic acids is 3. The van der Waals surface area contributed by atoms with Crippen LogP contribution in [0.4, 0.5) is 11.4 Å². The van der Waals surface area contributed by atoms with E-state index >= 15 is 0 Å². The lowest BCUT2D eigenvalue weighted by Gasteiger charge is -2.29. The first-order valence-electron chi connectivity index (χ1n) is 8.85. The Morgan fingerprint density at radius 1 is 1.38 bits per heavy atom. The number of benzene rings is 1. The number of pyridine rings is 1. The number of carbonyl (C=O) groups is 3. The maximum atomic E-state index is 12.8. The number of thioether (sulfide) groups is 1. The van der Waals surface area contributed by atoms with Crippen LogP contribution in [0.25, 0.3) is 0 Å². The van der Waals surface area contributed by atoms with Gasteiger partial charge in [0.05, 0.1) is 40.6 Å². The van der Waals surface area contributed by atoms with Crippen molar-refractivity contribution >= 4 is 40.9 Å². The highest BCUT2D eigenvalue weighted by Crippen LogP contribution is 2.30. The summed E-state index contributed by atoms with van der Waals surface area (Å²) in [5.41, 5.74) is 2.03. The van der Waals surface area contributed by atoms with Gasteiger partial charge in [0, 0.05) is 0 Å². The molecule has 2 aromatic rings. The Balaban J connectivity index is 1.79. The molecule has 148 valence electrons. The van der Waals surface area contributed by atoms with Gasteiger partial charge in [-0.2, -0.15) is 5.26 Å². The van der Waals surface area contributed by atoms with Crippen LogP contribution in [0.1, 0.15) is 28.5 Å². The Morgan fingerprint density at radius 3 is 2.86 bits per heavy atom. The number of fused-ring (bicyclic) bond motifs is 1. The van der Waals surface area contributed by atoms with E-state index in [1.807, 2.05) is 6.07 Å². The van der Waals surface area contributed by atoms with Crippen LogP contribution < -0.4 is 10.2 Å². The molecule has 2 amide bonds. The lowest BCUT2D eigenvalue weighted by atomic mass is 10.1. The van der Waals surface area contributed by atoms with Gasteiger partial charge in [0.15, 0.2) is 0 Å². The largest absolute Gasteiger partial charge is 0.462 e. The third-order valence-electron chi connectivity index (χ3n) is 4.20. The molecule has 8 nitrogen and oxygen atoms in total. The molecule has 9 heteroatoms. The maximum Gasteiger partial charge on any atom is 0.340 e. The minimum absolute atomic E-state index is 0.0124. The summed E-state index contributed by atoms with van der Waals surface area (Å²) < 4.78 is 4.98. The van der Waals surface area contributed by atoms with E-state index < -0.39 is 5.97 Å². The van der Waals surface area contributed by atoms with E-state index in [1.165, 1.54) is 11.0 Å². The molecule has 0 unspecified atom stereocenters. The van der Waals surface area contributed by atoms with Crippen molar-refractivity contribution in [3.63, 3.8) is 0 Å². The number of para-hydroxylation sites is 2. The molecule has 3 rings (SSSR count). The van der Waals surface area contributed by atoms with Crippen molar-refractivity contribution < 1.29 is 19.1 Å². The van der Waals surface area contributed by atoms with Crippen LogP contribution in [0.5, 0.6) is 0 Å². The fourth-order valence-electron chi connectivity index (χ4n) is 2.85. The normalized spacial score (nSPS) is 12.6. The summed E-state index contributed by atoms with van der Waals surface area (Å²) in [6.45, 7) is 3.48. The number of nitriles is 1. The Hall–Kier alpha value is -3.38. The van der Waals surface area contributed by atoms with Gasteiger partial charge in [-0.05, 0) is 32.0 Å². The van der Waals surface area contributed by atoms with Gasteiger partial charge < -0.3 is 15.0 Å². The van der Waals surface area contributed by atoms with Crippen LogP contribution in [0.3, 0.4) is 0 Å². The predicted octanol–water partition coefficient (Wildman–Crippen LogP) is 2.52. The number of hydrogen-bond donors (Lipinski definition) is 1. The fourth-order valence-corrected chi connectivity index (χ4v) is 3.73. The summed E-state index contributed by atoms with van der Waals surface area (Å²) in [6.07, 6.45) is 0. The Bertz CT molecular complexity index is 1030. The van der Waals surface area contributed by atoms with Crippen molar-refractivity contribution in [2.75, 3.05) is 29.1 Å². The molecule has 0 aliphatic carbocycles. The van der Waals surface area contributed by atoms with Crippen molar-refractivity contribution in [3.05, 3.63) is 47.2 Å². The standard InChI is InChI=1S/C20H18N4O4S/c1-3-28-20(27)14-8-13(9-21)19(22-12(14)2)29-11-18(26)24-10-17(25)23-15-6-4-5-7-16(15)24/h4-8H,3,10-11H2,1-2H3,(H,23,25). The van der Waals surface area contributed by atoms with Gasteiger partial charge in [-0.1, -0.05) is 23.9 Å². The van der Waals surface area contributed by atoms with E-state index in [2.05, 4.69) is 10.3 Å². The second kappa shape index (κ2) is 8.75. The molecule has 1 aliphatic rings. The number of hydrogen-bond acceptors (Lipinski definition) is 7. The van der Waals surface area contributed by atoms with E-state index in [0.717, 1.165) is 11.8 Å². The van der Waals surface area contributed by atoms with Crippen LogP contribution in [-0.4, -0.2) is 41.7 Å². The minimum Gasteiger partial charge on any atom is -0.462 e. The Labute approximate surface area is 171 Å². The van der Waals surface area contributed by atoms with Gasteiger partial charge >= 0.3 is 5.97 Å². The summed E-state index contributed by atoms with van der Waals surface area (Å²) in [5, 5.41) is 12.5. The average molecular weight is 410 g/mol. The first kappa shape index (κ1) is 20.4. The third kappa shape index (κ3) is 4.38. The number of rotatable bonds is 5. The highest BCUT2D eigenvalue weighted by atomic mass is 32.2. The van der Waals surface area contributed by atoms with E-state index in [4.69, 9.17) is 4.74 Å². The number of ether oxygens (including phenoxy) is 1. The summed E-state index contributed by atoms with van der Waals surface area (Å²) >= 11 is 1.09. The van der Waals surface area contributed by atoms with Crippen molar-refractivity contribution in [2.45, 2.75) is 18.9 Å². The van der Waals surface area contributed by atoms with Crippen molar-refractivity contribution in [1.82, 2.24) is 4.98 Å². The Morgan fingerprint density at radius 2 is 2.14 bits per heavy atom. The van der Waals surface area contributed by atoms with Crippen LogP contribution in [0.2, 0.25) is 0 Å². The molecule has 0 saturated heterocycles. The molecule has 0 radical (unpaired) electrons. The van der Waals surface area contributed by atoms with Crippen LogP contribution >= 0.6 is 11.8 Å². The molecular weight excluding hydrogens is 392 g/mol. The van der Waals surface area contributed by atoms with Crippen LogP contribution in [-0.2, 0) is 14.3 Å². The first-order chi connectivity index (χ1) is 13.9. The minimum atomic E-state index is -0.544. The van der Waals surface area contributed by atoms with Crippen LogP contribution in [0, 0.1) is 18.3 Å². The molecule has 2 heterocycles. The number of esters is 1. The molecule has 0 saturated carbocycles. The summed E-state index contributed by atoms with van der Waals surface area (Å²) in [6, 6.07) is 10.5. The lowest BCUT2D eigenvalue weighted by Crippen LogP contribution is -2.43.